The molecule has 2 nitrogen and oxygen atoms in total. The Labute approximate surface area is 118 Å². The lowest BCUT2D eigenvalue weighted by Gasteiger charge is -1.98. The lowest BCUT2D eigenvalue weighted by Crippen LogP contribution is -2.08. The van der Waals surface area contributed by atoms with Crippen LogP contribution in [0.2, 0.25) is 0 Å². The summed E-state index contributed by atoms with van der Waals surface area (Å²) in [6, 6.07) is 11.8. The standard InChI is InChI=1S/C11H10BrNOS3/c12-9-7-11(17(13,14)15)16-10(9)6-8-4-2-1-3-5-8/h1-5,7H,6H2,(H2,13,14,15). The maximum Gasteiger partial charge on any atom is 0.126 e. The van der Waals surface area contributed by atoms with Gasteiger partial charge in [-0.1, -0.05) is 30.3 Å². The van der Waals surface area contributed by atoms with E-state index >= 15 is 0 Å². The molecule has 1 unspecified atom stereocenters. The maximum absolute atomic E-state index is 11.6. The molecule has 90 valence electrons. The van der Waals surface area contributed by atoms with Crippen molar-refractivity contribution in [3.63, 3.8) is 0 Å². The molecule has 2 N–H and O–H groups in total. The molecule has 0 amide bonds. The third-order valence-corrected chi connectivity index (χ3v) is 6.65. The number of nitrogens with two attached hydrogens (primary N) is 1. The van der Waals surface area contributed by atoms with Crippen LogP contribution in [0.15, 0.2) is 45.1 Å². The molecule has 0 bridgehead atoms. The monoisotopic (exact) mass is 347 g/mol. The van der Waals surface area contributed by atoms with Crippen molar-refractivity contribution in [2.24, 2.45) is 5.14 Å². The van der Waals surface area contributed by atoms with Crippen molar-refractivity contribution in [2.45, 2.75) is 10.6 Å². The van der Waals surface area contributed by atoms with E-state index in [1.54, 1.807) is 6.07 Å². The van der Waals surface area contributed by atoms with E-state index in [1.807, 2.05) is 18.2 Å². The fraction of sp³-hybridized carbons (Fsp3) is 0.0909. The van der Waals surface area contributed by atoms with Gasteiger partial charge in [0.15, 0.2) is 0 Å². The fourth-order valence-electron chi connectivity index (χ4n) is 1.43. The molecule has 6 heteroatoms. The summed E-state index contributed by atoms with van der Waals surface area (Å²) in [5.41, 5.74) is 1.20. The molecule has 1 heterocycles. The minimum atomic E-state index is -2.77. The summed E-state index contributed by atoms with van der Waals surface area (Å²) in [7, 11) is -2.77. The lowest BCUT2D eigenvalue weighted by atomic mass is 10.1. The van der Waals surface area contributed by atoms with Crippen LogP contribution < -0.4 is 5.14 Å². The Morgan fingerprint density at radius 2 is 2.00 bits per heavy atom. The van der Waals surface area contributed by atoms with Crippen molar-refractivity contribution in [1.29, 1.82) is 0 Å². The molecule has 2 aromatic rings. The van der Waals surface area contributed by atoms with E-state index in [4.69, 9.17) is 16.3 Å². The van der Waals surface area contributed by atoms with E-state index < -0.39 is 8.68 Å². The summed E-state index contributed by atoms with van der Waals surface area (Å²) in [5, 5.41) is 5.46. The molecule has 1 atom stereocenters. The number of hydrogen-bond donors (Lipinski definition) is 1. The fourth-order valence-corrected chi connectivity index (χ4v) is 4.65. The first kappa shape index (κ1) is 13.2. The zero-order valence-corrected chi connectivity index (χ0v) is 12.8. The zero-order chi connectivity index (χ0) is 12.5. The van der Waals surface area contributed by atoms with Crippen molar-refractivity contribution in [2.75, 3.05) is 0 Å². The maximum atomic E-state index is 11.6. The summed E-state index contributed by atoms with van der Waals surface area (Å²) in [6.45, 7) is 0. The van der Waals surface area contributed by atoms with Crippen LogP contribution in [0.25, 0.3) is 0 Å². The van der Waals surface area contributed by atoms with Crippen LogP contribution in [-0.2, 0) is 26.3 Å². The SMILES string of the molecule is NS(=O)(=S)c1cc(Br)c(Cc2ccccc2)s1. The predicted molar refractivity (Wildman–Crippen MR) is 79.2 cm³/mol. The predicted octanol–water partition coefficient (Wildman–Crippen LogP) is 3.08. The van der Waals surface area contributed by atoms with Crippen LogP contribution in [0.5, 0.6) is 0 Å². The van der Waals surface area contributed by atoms with E-state index in [9.17, 15) is 4.21 Å². The highest BCUT2D eigenvalue weighted by atomic mass is 79.9. The van der Waals surface area contributed by atoms with Gasteiger partial charge in [-0.05, 0) is 27.6 Å². The highest BCUT2D eigenvalue weighted by Gasteiger charge is 2.12. The van der Waals surface area contributed by atoms with Crippen LogP contribution in [-0.4, -0.2) is 4.21 Å². The summed E-state index contributed by atoms with van der Waals surface area (Å²) in [6.07, 6.45) is 0.789. The van der Waals surface area contributed by atoms with Crippen molar-refractivity contribution < 1.29 is 4.21 Å². The summed E-state index contributed by atoms with van der Waals surface area (Å²) < 4.78 is 13.1. The first-order chi connectivity index (χ1) is 7.97. The van der Waals surface area contributed by atoms with Gasteiger partial charge in [0.05, 0.1) is 0 Å². The summed E-state index contributed by atoms with van der Waals surface area (Å²) in [5.74, 6) is 0. The van der Waals surface area contributed by atoms with Crippen molar-refractivity contribution in [1.82, 2.24) is 0 Å². The molecule has 0 aliphatic heterocycles. The highest BCUT2D eigenvalue weighted by Crippen LogP contribution is 2.31. The van der Waals surface area contributed by atoms with Gasteiger partial charge in [-0.15, -0.1) is 11.3 Å². The summed E-state index contributed by atoms with van der Waals surface area (Å²) >= 11 is 9.64. The van der Waals surface area contributed by atoms with Gasteiger partial charge >= 0.3 is 0 Å². The van der Waals surface area contributed by atoms with Crippen molar-refractivity contribution in [3.8, 4) is 0 Å². The molecule has 0 radical (unpaired) electrons. The molecule has 0 saturated heterocycles. The average molecular weight is 348 g/mol. The van der Waals surface area contributed by atoms with Crippen LogP contribution in [0.3, 0.4) is 0 Å². The number of rotatable bonds is 3. The minimum Gasteiger partial charge on any atom is -0.246 e. The van der Waals surface area contributed by atoms with Crippen LogP contribution >= 0.6 is 27.3 Å². The number of thiophene rings is 1. The Morgan fingerprint density at radius 1 is 1.35 bits per heavy atom. The molecule has 0 aliphatic carbocycles. The quantitative estimate of drug-likeness (QED) is 0.926. The Bertz CT molecular complexity index is 619. The third kappa shape index (κ3) is 3.35. The molecule has 2 rings (SSSR count). The van der Waals surface area contributed by atoms with Crippen molar-refractivity contribution in [3.05, 3.63) is 51.3 Å². The average Bonchev–Trinajstić information content (AvgIpc) is 2.62. The molecular weight excluding hydrogens is 338 g/mol. The largest absolute Gasteiger partial charge is 0.246 e. The van der Waals surface area contributed by atoms with Crippen molar-refractivity contribution >= 4 is 47.1 Å². The topological polar surface area (TPSA) is 43.1 Å². The van der Waals surface area contributed by atoms with E-state index in [0.717, 1.165) is 15.8 Å². The summed E-state index contributed by atoms with van der Waals surface area (Å²) in [4.78, 5) is 1.09. The minimum absolute atomic E-state index is 0.560. The van der Waals surface area contributed by atoms with Crippen LogP contribution in [0.1, 0.15) is 10.4 Å². The van der Waals surface area contributed by atoms with Gasteiger partial charge in [0.25, 0.3) is 0 Å². The van der Waals surface area contributed by atoms with E-state index in [1.165, 1.54) is 16.9 Å². The van der Waals surface area contributed by atoms with Gasteiger partial charge in [0.1, 0.15) is 12.9 Å². The second-order valence-electron chi connectivity index (χ2n) is 3.54. The van der Waals surface area contributed by atoms with Gasteiger partial charge in [-0.2, -0.15) is 0 Å². The first-order valence-corrected chi connectivity index (χ1v) is 8.97. The Balaban J connectivity index is 2.32. The van der Waals surface area contributed by atoms with Crippen LogP contribution in [0, 0.1) is 0 Å². The molecular formula is C11H10BrNOS3. The van der Waals surface area contributed by atoms with E-state index in [-0.39, 0.29) is 0 Å². The molecule has 0 saturated carbocycles. The first-order valence-electron chi connectivity index (χ1n) is 4.82. The Kier molecular flexibility index (Phi) is 3.99. The third-order valence-electron chi connectivity index (χ3n) is 2.22. The number of hydrogen-bond acceptors (Lipinski definition) is 3. The normalized spacial score (nSPS) is 14.5. The number of halogens is 1. The lowest BCUT2D eigenvalue weighted by molar-refractivity contribution is 0.684. The van der Waals surface area contributed by atoms with Gasteiger partial charge in [0, 0.05) is 27.0 Å². The molecule has 0 spiro atoms. The highest BCUT2D eigenvalue weighted by molar-refractivity contribution is 9.10. The van der Waals surface area contributed by atoms with Crippen LogP contribution in [0.4, 0.5) is 0 Å². The molecule has 17 heavy (non-hydrogen) atoms. The van der Waals surface area contributed by atoms with E-state index in [2.05, 4.69) is 28.1 Å². The Hall–Kier alpha value is -0.270. The zero-order valence-electron chi connectivity index (χ0n) is 8.76. The smallest absolute Gasteiger partial charge is 0.126 e. The van der Waals surface area contributed by atoms with Gasteiger partial charge < -0.3 is 0 Å². The molecule has 1 aromatic carbocycles. The molecule has 1 aromatic heterocycles. The Morgan fingerprint density at radius 3 is 2.53 bits per heavy atom. The van der Waals surface area contributed by atoms with Gasteiger partial charge in [-0.3, -0.25) is 0 Å². The second-order valence-corrected chi connectivity index (χ2v) is 8.81. The van der Waals surface area contributed by atoms with E-state index in [0.29, 0.717) is 4.21 Å². The molecule has 0 fully saturated rings. The second kappa shape index (κ2) is 5.16. The number of benzene rings is 1. The van der Waals surface area contributed by atoms with Gasteiger partial charge in [0.2, 0.25) is 0 Å². The molecule has 0 aliphatic rings. The van der Waals surface area contributed by atoms with Gasteiger partial charge in [-0.25, -0.2) is 9.35 Å².